The summed E-state index contributed by atoms with van der Waals surface area (Å²) in [5.74, 6) is 0.510. The minimum atomic E-state index is -0.593. The third kappa shape index (κ3) is 2.00. The molecular formula is C16H24O4. The second-order valence-electron chi connectivity index (χ2n) is 7.64. The number of rotatable bonds is 3. The van der Waals surface area contributed by atoms with Crippen LogP contribution in [0.4, 0.5) is 0 Å². The molecule has 0 aromatic rings. The molecule has 4 bridgehead atoms. The topological polar surface area (TPSA) is 55.8 Å². The van der Waals surface area contributed by atoms with Gasteiger partial charge in [0, 0.05) is 6.61 Å². The van der Waals surface area contributed by atoms with E-state index >= 15 is 0 Å². The van der Waals surface area contributed by atoms with Gasteiger partial charge in [0.15, 0.2) is 6.29 Å². The Balaban J connectivity index is 1.56. The SMILES string of the molecule is O=C(O)C12CC3CC(CC(OC4CCCCO4)(C3)C1)C2. The highest BCUT2D eigenvalue weighted by atomic mass is 16.7. The fourth-order valence-corrected chi connectivity index (χ4v) is 5.65. The number of hydrogen-bond acceptors (Lipinski definition) is 3. The van der Waals surface area contributed by atoms with Crippen LogP contribution in [0.2, 0.25) is 0 Å². The Morgan fingerprint density at radius 2 is 1.90 bits per heavy atom. The van der Waals surface area contributed by atoms with Gasteiger partial charge in [-0.25, -0.2) is 0 Å². The Morgan fingerprint density at radius 3 is 2.50 bits per heavy atom. The van der Waals surface area contributed by atoms with E-state index in [1.807, 2.05) is 0 Å². The van der Waals surface area contributed by atoms with Crippen molar-refractivity contribution in [1.82, 2.24) is 0 Å². The maximum atomic E-state index is 11.8. The molecule has 4 saturated carbocycles. The van der Waals surface area contributed by atoms with E-state index in [0.717, 1.165) is 51.6 Å². The summed E-state index contributed by atoms with van der Waals surface area (Å²) in [5, 5.41) is 9.71. The van der Waals surface area contributed by atoms with Gasteiger partial charge in [-0.3, -0.25) is 4.79 Å². The molecule has 1 heterocycles. The van der Waals surface area contributed by atoms with Crippen LogP contribution in [0.5, 0.6) is 0 Å². The van der Waals surface area contributed by atoms with Crippen molar-refractivity contribution >= 4 is 5.97 Å². The molecule has 0 spiro atoms. The Bertz CT molecular complexity index is 399. The van der Waals surface area contributed by atoms with Gasteiger partial charge in [0.05, 0.1) is 11.0 Å². The zero-order chi connectivity index (χ0) is 13.8. The number of aliphatic carboxylic acids is 1. The molecule has 4 aliphatic carbocycles. The number of carboxylic acid groups (broad SMARTS) is 1. The minimum Gasteiger partial charge on any atom is -0.481 e. The molecule has 3 atom stereocenters. The molecule has 0 aromatic carbocycles. The van der Waals surface area contributed by atoms with Gasteiger partial charge in [-0.15, -0.1) is 0 Å². The van der Waals surface area contributed by atoms with Crippen molar-refractivity contribution in [1.29, 1.82) is 0 Å². The first-order valence-electron chi connectivity index (χ1n) is 8.12. The number of carboxylic acids is 1. The van der Waals surface area contributed by atoms with Crippen LogP contribution in [-0.4, -0.2) is 29.6 Å². The Morgan fingerprint density at radius 1 is 1.15 bits per heavy atom. The van der Waals surface area contributed by atoms with E-state index in [-0.39, 0.29) is 11.9 Å². The summed E-state index contributed by atoms with van der Waals surface area (Å²) < 4.78 is 12.1. The van der Waals surface area contributed by atoms with E-state index < -0.39 is 11.4 Å². The maximum absolute atomic E-state index is 11.8. The smallest absolute Gasteiger partial charge is 0.309 e. The molecule has 20 heavy (non-hydrogen) atoms. The normalized spacial score (nSPS) is 50.3. The molecule has 5 fully saturated rings. The first kappa shape index (κ1) is 13.1. The monoisotopic (exact) mass is 280 g/mol. The fourth-order valence-electron chi connectivity index (χ4n) is 5.65. The van der Waals surface area contributed by atoms with Gasteiger partial charge < -0.3 is 14.6 Å². The number of hydrogen-bond donors (Lipinski definition) is 1. The zero-order valence-electron chi connectivity index (χ0n) is 12.0. The first-order chi connectivity index (χ1) is 9.59. The van der Waals surface area contributed by atoms with Crippen molar-refractivity contribution in [2.75, 3.05) is 6.61 Å². The third-order valence-corrected chi connectivity index (χ3v) is 5.98. The van der Waals surface area contributed by atoms with E-state index in [4.69, 9.17) is 9.47 Å². The summed E-state index contributed by atoms with van der Waals surface area (Å²) in [7, 11) is 0. The quantitative estimate of drug-likeness (QED) is 0.863. The van der Waals surface area contributed by atoms with Crippen molar-refractivity contribution in [3.63, 3.8) is 0 Å². The highest BCUT2D eigenvalue weighted by Gasteiger charge is 2.62. The van der Waals surface area contributed by atoms with Crippen LogP contribution >= 0.6 is 0 Å². The molecule has 3 unspecified atom stereocenters. The van der Waals surface area contributed by atoms with Crippen LogP contribution in [0.1, 0.15) is 57.8 Å². The summed E-state index contributed by atoms with van der Waals surface area (Å²) in [5.41, 5.74) is -0.705. The second-order valence-corrected chi connectivity index (χ2v) is 7.64. The highest BCUT2D eigenvalue weighted by Crippen LogP contribution is 2.63. The van der Waals surface area contributed by atoms with E-state index in [2.05, 4.69) is 0 Å². The van der Waals surface area contributed by atoms with Crippen LogP contribution in [0, 0.1) is 17.3 Å². The van der Waals surface area contributed by atoms with Crippen LogP contribution in [0.15, 0.2) is 0 Å². The molecule has 1 saturated heterocycles. The lowest BCUT2D eigenvalue weighted by atomic mass is 9.48. The van der Waals surface area contributed by atoms with Crippen molar-refractivity contribution in [3.05, 3.63) is 0 Å². The molecule has 5 rings (SSSR count). The third-order valence-electron chi connectivity index (χ3n) is 5.98. The van der Waals surface area contributed by atoms with Crippen molar-refractivity contribution in [2.24, 2.45) is 17.3 Å². The standard InChI is InChI=1S/C16H24O4/c17-14(18)15-6-11-5-12(7-15)9-16(8-11,10-15)20-13-3-1-2-4-19-13/h11-13H,1-10H2,(H,17,18). The predicted molar refractivity (Wildman–Crippen MR) is 72.2 cm³/mol. The molecule has 5 aliphatic rings. The minimum absolute atomic E-state index is 0.0918. The molecule has 4 heteroatoms. The molecule has 1 N–H and O–H groups in total. The first-order valence-corrected chi connectivity index (χ1v) is 8.12. The van der Waals surface area contributed by atoms with Gasteiger partial charge in [0.2, 0.25) is 0 Å². The summed E-state index contributed by atoms with van der Waals surface area (Å²) in [4.78, 5) is 11.8. The van der Waals surface area contributed by atoms with Gasteiger partial charge in [-0.05, 0) is 69.6 Å². The summed E-state index contributed by atoms with van der Waals surface area (Å²) in [6.07, 6.45) is 8.94. The van der Waals surface area contributed by atoms with Crippen LogP contribution < -0.4 is 0 Å². The van der Waals surface area contributed by atoms with E-state index in [0.29, 0.717) is 18.3 Å². The molecule has 1 aliphatic heterocycles. The lowest BCUT2D eigenvalue weighted by Crippen LogP contribution is -2.60. The molecule has 112 valence electrons. The molecular weight excluding hydrogens is 256 g/mol. The summed E-state index contributed by atoms with van der Waals surface area (Å²) in [6, 6.07) is 0. The van der Waals surface area contributed by atoms with Crippen molar-refractivity contribution in [3.8, 4) is 0 Å². The average Bonchev–Trinajstić information content (AvgIpc) is 2.37. The Hall–Kier alpha value is -0.610. The van der Waals surface area contributed by atoms with E-state index in [1.165, 1.54) is 6.42 Å². The second kappa shape index (κ2) is 4.44. The lowest BCUT2D eigenvalue weighted by Gasteiger charge is -2.60. The molecule has 0 aromatic heterocycles. The maximum Gasteiger partial charge on any atom is 0.309 e. The summed E-state index contributed by atoms with van der Waals surface area (Å²) >= 11 is 0. The van der Waals surface area contributed by atoms with Crippen molar-refractivity contribution in [2.45, 2.75) is 69.7 Å². The zero-order valence-corrected chi connectivity index (χ0v) is 12.0. The Kier molecular flexibility index (Phi) is 2.90. The van der Waals surface area contributed by atoms with Gasteiger partial charge in [-0.2, -0.15) is 0 Å². The van der Waals surface area contributed by atoms with Crippen LogP contribution in [0.25, 0.3) is 0 Å². The van der Waals surface area contributed by atoms with Gasteiger partial charge in [-0.1, -0.05) is 0 Å². The molecule has 4 nitrogen and oxygen atoms in total. The average molecular weight is 280 g/mol. The lowest BCUT2D eigenvalue weighted by molar-refractivity contribution is -0.277. The largest absolute Gasteiger partial charge is 0.481 e. The van der Waals surface area contributed by atoms with Crippen molar-refractivity contribution < 1.29 is 19.4 Å². The number of carbonyl (C=O) groups is 1. The predicted octanol–water partition coefficient (Wildman–Crippen LogP) is 2.95. The fraction of sp³-hybridized carbons (Fsp3) is 0.938. The van der Waals surface area contributed by atoms with E-state index in [9.17, 15) is 9.90 Å². The van der Waals surface area contributed by atoms with Crippen LogP contribution in [-0.2, 0) is 14.3 Å². The highest BCUT2D eigenvalue weighted by molar-refractivity contribution is 5.75. The van der Waals surface area contributed by atoms with E-state index in [1.54, 1.807) is 0 Å². The molecule has 0 radical (unpaired) electrons. The van der Waals surface area contributed by atoms with Gasteiger partial charge in [0.1, 0.15) is 0 Å². The van der Waals surface area contributed by atoms with Gasteiger partial charge in [0.25, 0.3) is 0 Å². The Labute approximate surface area is 119 Å². The van der Waals surface area contributed by atoms with Gasteiger partial charge >= 0.3 is 5.97 Å². The summed E-state index contributed by atoms with van der Waals surface area (Å²) in [6.45, 7) is 0.789. The number of ether oxygens (including phenoxy) is 2. The van der Waals surface area contributed by atoms with Crippen LogP contribution in [0.3, 0.4) is 0 Å². The molecule has 0 amide bonds.